The summed E-state index contributed by atoms with van der Waals surface area (Å²) >= 11 is 0. The zero-order chi connectivity index (χ0) is 19.4. The molecule has 2 saturated carbocycles. The minimum absolute atomic E-state index is 0.0443. The molecule has 0 bridgehead atoms. The molecule has 3 rings (SSSR count). The van der Waals surface area contributed by atoms with Crippen LogP contribution in [0.4, 0.5) is 5.69 Å². The summed E-state index contributed by atoms with van der Waals surface area (Å²) < 4.78 is 0. The first-order chi connectivity index (χ1) is 13.0. The number of rotatable bonds is 10. The predicted octanol–water partition coefficient (Wildman–Crippen LogP) is 1.80. The van der Waals surface area contributed by atoms with Crippen molar-refractivity contribution in [3.63, 3.8) is 0 Å². The Kier molecular flexibility index (Phi) is 5.93. The van der Waals surface area contributed by atoms with E-state index in [2.05, 4.69) is 26.1 Å². The molecular weight excluding hydrogens is 344 g/mol. The molecule has 8 heteroatoms. The zero-order valence-corrected chi connectivity index (χ0v) is 15.8. The molecule has 0 radical (unpaired) electrons. The first-order valence-corrected chi connectivity index (χ1v) is 9.57. The van der Waals surface area contributed by atoms with Crippen LogP contribution in [-0.4, -0.2) is 40.3 Å². The van der Waals surface area contributed by atoms with Crippen LogP contribution in [0.3, 0.4) is 0 Å². The number of nitrogens with one attached hydrogen (secondary N) is 5. The number of aromatic nitrogens is 2. The molecule has 0 saturated heterocycles. The topological polar surface area (TPSA) is 123 Å². The Morgan fingerprint density at radius 2 is 1.89 bits per heavy atom. The Bertz CT molecular complexity index is 692. The van der Waals surface area contributed by atoms with Gasteiger partial charge in [0.1, 0.15) is 11.7 Å². The number of H-pyrrole nitrogens is 1. The molecule has 2 amide bonds. The molecule has 8 nitrogen and oxygen atoms in total. The van der Waals surface area contributed by atoms with Gasteiger partial charge in [0, 0.05) is 18.5 Å². The highest BCUT2D eigenvalue weighted by Crippen LogP contribution is 2.50. The van der Waals surface area contributed by atoms with Crippen LogP contribution in [0, 0.1) is 23.2 Å². The van der Waals surface area contributed by atoms with Gasteiger partial charge in [-0.2, -0.15) is 5.10 Å². The van der Waals surface area contributed by atoms with Gasteiger partial charge in [-0.1, -0.05) is 0 Å². The van der Waals surface area contributed by atoms with Gasteiger partial charge in [-0.05, 0) is 63.4 Å². The van der Waals surface area contributed by atoms with Crippen molar-refractivity contribution >= 4 is 23.7 Å². The first kappa shape index (κ1) is 19.1. The summed E-state index contributed by atoms with van der Waals surface area (Å²) in [5.74, 6) is 0.566. The third-order valence-electron chi connectivity index (χ3n) is 4.99. The van der Waals surface area contributed by atoms with Gasteiger partial charge in [0.15, 0.2) is 0 Å². The molecule has 1 aromatic rings. The van der Waals surface area contributed by atoms with E-state index in [1.165, 1.54) is 6.08 Å². The highest BCUT2D eigenvalue weighted by molar-refractivity contribution is 6.02. The number of amides is 2. The van der Waals surface area contributed by atoms with Crippen molar-refractivity contribution in [2.45, 2.75) is 51.6 Å². The van der Waals surface area contributed by atoms with Crippen LogP contribution in [0.15, 0.2) is 24.2 Å². The first-order valence-electron chi connectivity index (χ1n) is 9.57. The van der Waals surface area contributed by atoms with Crippen molar-refractivity contribution in [1.82, 2.24) is 20.8 Å². The van der Waals surface area contributed by atoms with Crippen molar-refractivity contribution in [2.24, 2.45) is 17.8 Å². The second kappa shape index (κ2) is 8.37. The number of anilines is 1. The summed E-state index contributed by atoms with van der Waals surface area (Å²) in [6.07, 6.45) is 10.1. The highest BCUT2D eigenvalue weighted by atomic mass is 16.2. The molecule has 0 aromatic carbocycles. The Labute approximate surface area is 159 Å². The summed E-state index contributed by atoms with van der Waals surface area (Å²) in [5, 5.41) is 22.7. The maximum Gasteiger partial charge on any atom is 0.268 e. The molecule has 2 aliphatic carbocycles. The van der Waals surface area contributed by atoms with Crippen molar-refractivity contribution in [2.75, 3.05) is 5.32 Å². The fraction of sp³-hybridized carbons (Fsp3) is 0.579. The predicted molar refractivity (Wildman–Crippen MR) is 103 cm³/mol. The molecule has 1 heterocycles. The number of aromatic amines is 1. The molecule has 0 spiro atoms. The molecule has 2 aliphatic rings. The second-order valence-corrected chi connectivity index (χ2v) is 7.73. The highest BCUT2D eigenvalue weighted by Gasteiger charge is 2.48. The summed E-state index contributed by atoms with van der Waals surface area (Å²) in [5.41, 5.74) is 0.881. The quantitative estimate of drug-likeness (QED) is 0.317. The Morgan fingerprint density at radius 1 is 1.22 bits per heavy atom. The van der Waals surface area contributed by atoms with Gasteiger partial charge < -0.3 is 21.4 Å². The third kappa shape index (κ3) is 5.18. The molecular formula is C19H28N6O2. The number of allylic oxidation sites excluding steroid dienone is 1. The monoisotopic (exact) mass is 372 g/mol. The fourth-order valence-corrected chi connectivity index (χ4v) is 3.57. The zero-order valence-electron chi connectivity index (χ0n) is 15.8. The van der Waals surface area contributed by atoms with E-state index in [0.717, 1.165) is 31.9 Å². The number of hydrogen-bond acceptors (Lipinski definition) is 5. The molecule has 146 valence electrons. The van der Waals surface area contributed by atoms with E-state index in [-0.39, 0.29) is 23.8 Å². The van der Waals surface area contributed by atoms with Gasteiger partial charge in [-0.15, -0.1) is 0 Å². The number of carbonyl (C=O) groups is 2. The van der Waals surface area contributed by atoms with Crippen LogP contribution in [0.1, 0.15) is 39.5 Å². The summed E-state index contributed by atoms with van der Waals surface area (Å²) in [7, 11) is 0. The Hall–Kier alpha value is -2.64. The molecule has 0 unspecified atom stereocenters. The maximum atomic E-state index is 13.0. The van der Waals surface area contributed by atoms with Gasteiger partial charge in [0.25, 0.3) is 5.91 Å². The molecule has 5 N–H and O–H groups in total. The average Bonchev–Trinajstić information content (AvgIpc) is 3.55. The van der Waals surface area contributed by atoms with Crippen LogP contribution < -0.4 is 16.0 Å². The van der Waals surface area contributed by atoms with E-state index in [1.807, 2.05) is 13.8 Å². The van der Waals surface area contributed by atoms with Crippen molar-refractivity contribution < 1.29 is 9.59 Å². The van der Waals surface area contributed by atoms with Crippen LogP contribution in [-0.2, 0) is 9.59 Å². The smallest absolute Gasteiger partial charge is 0.268 e. The molecule has 2 fully saturated rings. The Balaban J connectivity index is 1.78. The Morgan fingerprint density at radius 3 is 2.37 bits per heavy atom. The van der Waals surface area contributed by atoms with Crippen molar-refractivity contribution in [3.05, 3.63) is 24.2 Å². The van der Waals surface area contributed by atoms with E-state index >= 15 is 0 Å². The van der Waals surface area contributed by atoms with Crippen LogP contribution in [0.25, 0.3) is 0 Å². The lowest BCUT2D eigenvalue weighted by Gasteiger charge is -2.28. The summed E-state index contributed by atoms with van der Waals surface area (Å²) in [6.45, 7) is 3.84. The fourth-order valence-electron chi connectivity index (χ4n) is 3.57. The molecule has 0 aliphatic heterocycles. The average molecular weight is 372 g/mol. The van der Waals surface area contributed by atoms with E-state index in [0.29, 0.717) is 23.2 Å². The summed E-state index contributed by atoms with van der Waals surface area (Å²) in [6, 6.07) is -0.557. The van der Waals surface area contributed by atoms with Crippen LogP contribution >= 0.6 is 0 Å². The lowest BCUT2D eigenvalue weighted by Crippen LogP contribution is -2.51. The standard InChI is InChI=1S/C19H28N6O2/c1-11(2)23-15(7-8-20)18(26)25-17(16(12-3-4-12)13-5-6-13)19(27)24-14-9-21-22-10-14/h7-13,16-17,20,23H,3-6H2,1-2H3,(H,21,22)(H,24,27)(H,25,26)/b15-7-,20-8?/t17-/m0/s1. The van der Waals surface area contributed by atoms with Gasteiger partial charge in [0.05, 0.1) is 11.9 Å². The van der Waals surface area contributed by atoms with Crippen LogP contribution in [0.2, 0.25) is 0 Å². The molecule has 1 atom stereocenters. The van der Waals surface area contributed by atoms with Gasteiger partial charge in [0.2, 0.25) is 5.91 Å². The number of nitrogens with zero attached hydrogens (tertiary/aromatic N) is 1. The lowest BCUT2D eigenvalue weighted by atomic mass is 9.88. The maximum absolute atomic E-state index is 13.0. The summed E-state index contributed by atoms with van der Waals surface area (Å²) in [4.78, 5) is 25.8. The van der Waals surface area contributed by atoms with Gasteiger partial charge in [-0.3, -0.25) is 14.7 Å². The van der Waals surface area contributed by atoms with E-state index in [1.54, 1.807) is 12.4 Å². The molecule has 1 aromatic heterocycles. The van der Waals surface area contributed by atoms with Gasteiger partial charge in [-0.25, -0.2) is 0 Å². The van der Waals surface area contributed by atoms with Crippen molar-refractivity contribution in [1.29, 1.82) is 5.41 Å². The second-order valence-electron chi connectivity index (χ2n) is 7.73. The largest absolute Gasteiger partial charge is 0.378 e. The SMILES string of the molecule is CC(C)N/C(=C\C=N)C(=O)N[C@H](C(=O)Nc1cn[nH]c1)C(C1CC1)C1CC1. The van der Waals surface area contributed by atoms with Crippen LogP contribution in [0.5, 0.6) is 0 Å². The van der Waals surface area contributed by atoms with Crippen molar-refractivity contribution in [3.8, 4) is 0 Å². The normalized spacial score (nSPS) is 18.3. The van der Waals surface area contributed by atoms with E-state index in [9.17, 15) is 9.59 Å². The number of hydrogen-bond donors (Lipinski definition) is 5. The third-order valence-corrected chi connectivity index (χ3v) is 4.99. The minimum Gasteiger partial charge on any atom is -0.378 e. The van der Waals surface area contributed by atoms with E-state index < -0.39 is 6.04 Å². The minimum atomic E-state index is -0.601. The number of carbonyl (C=O) groups excluding carboxylic acids is 2. The van der Waals surface area contributed by atoms with E-state index in [4.69, 9.17) is 5.41 Å². The van der Waals surface area contributed by atoms with Gasteiger partial charge >= 0.3 is 0 Å². The molecule has 27 heavy (non-hydrogen) atoms. The lowest BCUT2D eigenvalue weighted by molar-refractivity contribution is -0.126.